The van der Waals surface area contributed by atoms with Crippen LogP contribution in [0.1, 0.15) is 17.3 Å². The molecule has 1 heterocycles. The summed E-state index contributed by atoms with van der Waals surface area (Å²) in [5, 5.41) is 0. The standard InChI is InChI=1S/C13H11BrF2N2/c14-12-9(4-5-10(15)13(12)16)11(17)7-8-3-1-2-6-18-8/h1-6,11H,7,17H2. The first-order chi connectivity index (χ1) is 8.59. The molecule has 0 aliphatic heterocycles. The Labute approximate surface area is 112 Å². The molecule has 0 saturated carbocycles. The van der Waals surface area contributed by atoms with Crippen LogP contribution >= 0.6 is 15.9 Å². The van der Waals surface area contributed by atoms with E-state index in [9.17, 15) is 8.78 Å². The summed E-state index contributed by atoms with van der Waals surface area (Å²) in [4.78, 5) is 4.15. The zero-order chi connectivity index (χ0) is 13.1. The number of benzene rings is 1. The summed E-state index contributed by atoms with van der Waals surface area (Å²) in [6, 6.07) is 7.62. The van der Waals surface area contributed by atoms with Gasteiger partial charge in [-0.15, -0.1) is 0 Å². The molecule has 0 aliphatic carbocycles. The van der Waals surface area contributed by atoms with Crippen molar-refractivity contribution < 1.29 is 8.78 Å². The molecule has 0 radical (unpaired) electrons. The van der Waals surface area contributed by atoms with Crippen molar-refractivity contribution >= 4 is 15.9 Å². The highest BCUT2D eigenvalue weighted by Gasteiger charge is 2.16. The smallest absolute Gasteiger partial charge is 0.173 e. The quantitative estimate of drug-likeness (QED) is 0.883. The van der Waals surface area contributed by atoms with Crippen LogP contribution in [-0.4, -0.2) is 4.98 Å². The fourth-order valence-corrected chi connectivity index (χ4v) is 2.30. The molecule has 0 amide bonds. The Hall–Kier alpha value is -1.33. The lowest BCUT2D eigenvalue weighted by molar-refractivity contribution is 0.499. The molecule has 5 heteroatoms. The Bertz CT molecular complexity index is 546. The molecule has 0 bridgehead atoms. The second kappa shape index (κ2) is 5.54. The average molecular weight is 313 g/mol. The molecule has 1 unspecified atom stereocenters. The van der Waals surface area contributed by atoms with E-state index in [0.717, 1.165) is 11.8 Å². The lowest BCUT2D eigenvalue weighted by Gasteiger charge is -2.14. The van der Waals surface area contributed by atoms with Gasteiger partial charge in [-0.1, -0.05) is 12.1 Å². The van der Waals surface area contributed by atoms with Crippen molar-refractivity contribution in [2.24, 2.45) is 5.73 Å². The van der Waals surface area contributed by atoms with Crippen molar-refractivity contribution in [3.63, 3.8) is 0 Å². The van der Waals surface area contributed by atoms with Crippen LogP contribution in [0, 0.1) is 11.6 Å². The number of hydrogen-bond donors (Lipinski definition) is 1. The molecule has 1 atom stereocenters. The van der Waals surface area contributed by atoms with E-state index in [1.165, 1.54) is 6.07 Å². The van der Waals surface area contributed by atoms with Gasteiger partial charge >= 0.3 is 0 Å². The Balaban J connectivity index is 2.24. The van der Waals surface area contributed by atoms with Crippen LogP contribution in [0.3, 0.4) is 0 Å². The predicted molar refractivity (Wildman–Crippen MR) is 68.9 cm³/mol. The van der Waals surface area contributed by atoms with E-state index in [4.69, 9.17) is 5.73 Å². The number of aromatic nitrogens is 1. The highest BCUT2D eigenvalue weighted by molar-refractivity contribution is 9.10. The van der Waals surface area contributed by atoms with Crippen molar-refractivity contribution in [3.8, 4) is 0 Å². The number of pyridine rings is 1. The minimum absolute atomic E-state index is 0.0749. The van der Waals surface area contributed by atoms with Gasteiger partial charge in [-0.3, -0.25) is 4.98 Å². The molecule has 2 nitrogen and oxygen atoms in total. The van der Waals surface area contributed by atoms with E-state index in [2.05, 4.69) is 20.9 Å². The van der Waals surface area contributed by atoms with Crippen molar-refractivity contribution in [3.05, 3.63) is 63.9 Å². The molecule has 2 aromatic rings. The summed E-state index contributed by atoms with van der Waals surface area (Å²) in [7, 11) is 0. The number of nitrogens with zero attached hydrogens (tertiary/aromatic N) is 1. The fourth-order valence-electron chi connectivity index (χ4n) is 1.68. The normalized spacial score (nSPS) is 12.4. The second-order valence-corrected chi connectivity index (χ2v) is 4.69. The molecule has 0 fully saturated rings. The van der Waals surface area contributed by atoms with Crippen LogP contribution in [0.25, 0.3) is 0 Å². The predicted octanol–water partition coefficient (Wildman–Crippen LogP) is 3.36. The molecule has 94 valence electrons. The third kappa shape index (κ3) is 2.73. The maximum Gasteiger partial charge on any atom is 0.173 e. The molecule has 2 rings (SSSR count). The Morgan fingerprint density at radius 2 is 2.00 bits per heavy atom. The maximum atomic E-state index is 13.4. The molecule has 0 spiro atoms. The van der Waals surface area contributed by atoms with Gasteiger partial charge in [0.25, 0.3) is 0 Å². The van der Waals surface area contributed by atoms with Gasteiger partial charge in [0, 0.05) is 24.4 Å². The Morgan fingerprint density at radius 3 is 2.67 bits per heavy atom. The van der Waals surface area contributed by atoms with Crippen molar-refractivity contribution in [1.82, 2.24) is 4.98 Å². The first-order valence-corrected chi connectivity index (χ1v) is 6.17. The van der Waals surface area contributed by atoms with Gasteiger partial charge in [-0.25, -0.2) is 8.78 Å². The van der Waals surface area contributed by atoms with Gasteiger partial charge in [0.2, 0.25) is 0 Å². The van der Waals surface area contributed by atoms with Gasteiger partial charge in [0.15, 0.2) is 11.6 Å². The van der Waals surface area contributed by atoms with Gasteiger partial charge in [0.1, 0.15) is 0 Å². The van der Waals surface area contributed by atoms with Gasteiger partial charge in [-0.2, -0.15) is 0 Å². The second-order valence-electron chi connectivity index (χ2n) is 3.90. The van der Waals surface area contributed by atoms with Crippen LogP contribution in [0.2, 0.25) is 0 Å². The fraction of sp³-hybridized carbons (Fsp3) is 0.154. The third-order valence-corrected chi connectivity index (χ3v) is 3.43. The van der Waals surface area contributed by atoms with Crippen LogP contribution in [0.15, 0.2) is 41.0 Å². The van der Waals surface area contributed by atoms with Gasteiger partial charge < -0.3 is 5.73 Å². The summed E-state index contributed by atoms with van der Waals surface area (Å²) in [6.45, 7) is 0. The minimum atomic E-state index is -0.913. The topological polar surface area (TPSA) is 38.9 Å². The zero-order valence-electron chi connectivity index (χ0n) is 9.41. The summed E-state index contributed by atoms with van der Waals surface area (Å²) in [5.74, 6) is -1.81. The summed E-state index contributed by atoms with van der Waals surface area (Å²) < 4.78 is 26.5. The molecular weight excluding hydrogens is 302 g/mol. The number of rotatable bonds is 3. The zero-order valence-corrected chi connectivity index (χ0v) is 11.0. The molecular formula is C13H11BrF2N2. The molecule has 0 saturated heterocycles. The molecule has 0 aliphatic rings. The Kier molecular flexibility index (Phi) is 4.04. The first-order valence-electron chi connectivity index (χ1n) is 5.38. The largest absolute Gasteiger partial charge is 0.324 e. The van der Waals surface area contributed by atoms with E-state index >= 15 is 0 Å². The maximum absolute atomic E-state index is 13.4. The van der Waals surface area contributed by atoms with Crippen LogP contribution in [-0.2, 0) is 6.42 Å². The van der Waals surface area contributed by atoms with E-state index in [0.29, 0.717) is 12.0 Å². The number of hydrogen-bond acceptors (Lipinski definition) is 2. The van der Waals surface area contributed by atoms with E-state index in [1.54, 1.807) is 6.20 Å². The molecule has 1 aromatic heterocycles. The highest BCUT2D eigenvalue weighted by Crippen LogP contribution is 2.28. The number of halogens is 3. The van der Waals surface area contributed by atoms with Crippen LogP contribution < -0.4 is 5.73 Å². The molecule has 2 N–H and O–H groups in total. The highest BCUT2D eigenvalue weighted by atomic mass is 79.9. The van der Waals surface area contributed by atoms with Crippen LogP contribution in [0.4, 0.5) is 8.78 Å². The van der Waals surface area contributed by atoms with Crippen molar-refractivity contribution in [1.29, 1.82) is 0 Å². The third-order valence-electron chi connectivity index (χ3n) is 2.62. The summed E-state index contributed by atoms with van der Waals surface area (Å²) in [6.07, 6.45) is 2.13. The average Bonchev–Trinajstić information content (AvgIpc) is 2.37. The lowest BCUT2D eigenvalue weighted by atomic mass is 10.0. The van der Waals surface area contributed by atoms with Gasteiger partial charge in [0.05, 0.1) is 4.47 Å². The Morgan fingerprint density at radius 1 is 1.22 bits per heavy atom. The van der Waals surface area contributed by atoms with E-state index in [1.807, 2.05) is 18.2 Å². The van der Waals surface area contributed by atoms with Gasteiger partial charge in [-0.05, 0) is 39.7 Å². The summed E-state index contributed by atoms with van der Waals surface area (Å²) >= 11 is 3.03. The van der Waals surface area contributed by atoms with E-state index < -0.39 is 17.7 Å². The molecule has 1 aromatic carbocycles. The van der Waals surface area contributed by atoms with Crippen LogP contribution in [0.5, 0.6) is 0 Å². The van der Waals surface area contributed by atoms with Crippen molar-refractivity contribution in [2.75, 3.05) is 0 Å². The molecule has 18 heavy (non-hydrogen) atoms. The van der Waals surface area contributed by atoms with E-state index in [-0.39, 0.29) is 4.47 Å². The van der Waals surface area contributed by atoms with Crippen molar-refractivity contribution in [2.45, 2.75) is 12.5 Å². The lowest BCUT2D eigenvalue weighted by Crippen LogP contribution is -2.15. The number of nitrogens with two attached hydrogens (primary N) is 1. The SMILES string of the molecule is NC(Cc1ccccn1)c1ccc(F)c(F)c1Br. The summed E-state index contributed by atoms with van der Waals surface area (Å²) in [5.41, 5.74) is 7.32. The first kappa shape index (κ1) is 13.1. The minimum Gasteiger partial charge on any atom is -0.324 e. The monoisotopic (exact) mass is 312 g/mol.